The van der Waals surface area contributed by atoms with Gasteiger partial charge in [-0.15, -0.1) is 0 Å². The second kappa shape index (κ2) is 8.79. The Hall–Kier alpha value is -3.35. The zero-order valence-corrected chi connectivity index (χ0v) is 17.9. The molecule has 3 aromatic carbocycles. The van der Waals surface area contributed by atoms with E-state index in [1.165, 1.54) is 0 Å². The molecule has 0 unspecified atom stereocenters. The fraction of sp³-hybridized carbons (Fsp3) is 0.0870. The number of imidazole rings is 1. The number of nitrogens with zero attached hydrogens (tertiary/aromatic N) is 2. The highest BCUT2D eigenvalue weighted by Gasteiger charge is 2.16. The number of carbonyl (C=O) groups is 2. The van der Waals surface area contributed by atoms with Gasteiger partial charge in [0.05, 0.1) is 32.3 Å². The molecule has 1 heterocycles. The second-order valence-electron chi connectivity index (χ2n) is 6.75. The summed E-state index contributed by atoms with van der Waals surface area (Å²) in [7, 11) is 0. The van der Waals surface area contributed by atoms with Gasteiger partial charge in [0.15, 0.2) is 6.61 Å². The lowest BCUT2D eigenvalue weighted by atomic mass is 10.2. The van der Waals surface area contributed by atoms with E-state index in [-0.39, 0.29) is 5.69 Å². The van der Waals surface area contributed by atoms with Gasteiger partial charge >= 0.3 is 5.97 Å². The minimum absolute atomic E-state index is 0.273. The van der Waals surface area contributed by atoms with Crippen molar-refractivity contribution in [2.24, 2.45) is 0 Å². The molecule has 1 aromatic heterocycles. The van der Waals surface area contributed by atoms with Crippen molar-refractivity contribution in [3.63, 3.8) is 0 Å². The summed E-state index contributed by atoms with van der Waals surface area (Å²) < 4.78 is 7.15. The van der Waals surface area contributed by atoms with Gasteiger partial charge in [-0.3, -0.25) is 9.36 Å². The molecule has 1 N–H and O–H groups in total. The molecular weight excluding hydrogens is 437 g/mol. The van der Waals surface area contributed by atoms with Crippen LogP contribution in [0.3, 0.4) is 0 Å². The number of esters is 1. The van der Waals surface area contributed by atoms with Crippen LogP contribution in [-0.2, 0) is 9.53 Å². The first kappa shape index (κ1) is 20.9. The maximum absolute atomic E-state index is 12.5. The van der Waals surface area contributed by atoms with Gasteiger partial charge in [-0.05, 0) is 49.4 Å². The summed E-state index contributed by atoms with van der Waals surface area (Å²) in [4.78, 5) is 29.2. The van der Waals surface area contributed by atoms with E-state index in [2.05, 4.69) is 10.3 Å². The molecule has 0 atom stereocenters. The van der Waals surface area contributed by atoms with E-state index in [1.54, 1.807) is 30.3 Å². The van der Waals surface area contributed by atoms with Crippen LogP contribution in [0.1, 0.15) is 16.2 Å². The molecular formula is C23H17Cl2N3O3. The number of para-hydroxylation sites is 2. The lowest BCUT2D eigenvalue weighted by molar-refractivity contribution is -0.119. The maximum Gasteiger partial charge on any atom is 0.338 e. The number of fused-ring (bicyclic) bond motifs is 1. The third-order valence-electron chi connectivity index (χ3n) is 4.63. The number of aromatic nitrogens is 2. The summed E-state index contributed by atoms with van der Waals surface area (Å²) in [6.07, 6.45) is 0. The van der Waals surface area contributed by atoms with Crippen molar-refractivity contribution in [1.82, 2.24) is 9.55 Å². The number of hydrogen-bond acceptors (Lipinski definition) is 4. The molecule has 0 bridgehead atoms. The molecule has 6 nitrogen and oxygen atoms in total. The van der Waals surface area contributed by atoms with E-state index in [0.717, 1.165) is 17.0 Å². The van der Waals surface area contributed by atoms with Gasteiger partial charge in [-0.2, -0.15) is 0 Å². The minimum atomic E-state index is -0.630. The number of hydrogen-bond donors (Lipinski definition) is 1. The second-order valence-corrected chi connectivity index (χ2v) is 7.57. The standard InChI is InChI=1S/C23H17Cl2N3O3/c1-14-26-19-12-15(10-11-20(19)28(14)16-6-3-2-4-7-16)23(30)31-13-21(29)27-22-17(24)8-5-9-18(22)25/h2-12H,13H2,1H3,(H,27,29). The zero-order chi connectivity index (χ0) is 22.0. The summed E-state index contributed by atoms with van der Waals surface area (Å²) >= 11 is 12.1. The molecule has 0 fully saturated rings. The molecule has 0 aliphatic rings. The number of nitrogens with one attached hydrogen (secondary N) is 1. The predicted molar refractivity (Wildman–Crippen MR) is 121 cm³/mol. The summed E-state index contributed by atoms with van der Waals surface area (Å²) in [5, 5.41) is 3.14. The van der Waals surface area contributed by atoms with E-state index in [1.807, 2.05) is 47.9 Å². The van der Waals surface area contributed by atoms with Crippen LogP contribution >= 0.6 is 23.2 Å². The molecule has 0 spiro atoms. The van der Waals surface area contributed by atoms with Crippen LogP contribution in [0.4, 0.5) is 5.69 Å². The monoisotopic (exact) mass is 453 g/mol. The lowest BCUT2D eigenvalue weighted by Crippen LogP contribution is -2.21. The van der Waals surface area contributed by atoms with Crippen LogP contribution in [-0.4, -0.2) is 28.0 Å². The fourth-order valence-electron chi connectivity index (χ4n) is 3.24. The number of benzene rings is 3. The quantitative estimate of drug-likeness (QED) is 0.408. The number of anilines is 1. The van der Waals surface area contributed by atoms with Crippen LogP contribution in [0, 0.1) is 6.92 Å². The van der Waals surface area contributed by atoms with Crippen molar-refractivity contribution in [3.05, 3.63) is 88.2 Å². The Morgan fingerprint density at radius 1 is 1.00 bits per heavy atom. The summed E-state index contributed by atoms with van der Waals surface area (Å²) in [5.41, 5.74) is 3.08. The van der Waals surface area contributed by atoms with E-state index in [9.17, 15) is 9.59 Å². The van der Waals surface area contributed by atoms with Crippen molar-refractivity contribution in [3.8, 4) is 5.69 Å². The van der Waals surface area contributed by atoms with Gasteiger partial charge < -0.3 is 10.1 Å². The molecule has 8 heteroatoms. The smallest absolute Gasteiger partial charge is 0.338 e. The number of halogens is 2. The van der Waals surface area contributed by atoms with Crippen LogP contribution in [0.15, 0.2) is 66.7 Å². The van der Waals surface area contributed by atoms with E-state index < -0.39 is 18.5 Å². The van der Waals surface area contributed by atoms with Crippen LogP contribution in [0.25, 0.3) is 16.7 Å². The Bertz CT molecular complexity index is 1270. The lowest BCUT2D eigenvalue weighted by Gasteiger charge is -2.10. The molecule has 156 valence electrons. The van der Waals surface area contributed by atoms with Crippen LogP contribution < -0.4 is 5.32 Å². The summed E-state index contributed by atoms with van der Waals surface area (Å²) in [5.74, 6) is -0.384. The first-order valence-electron chi connectivity index (χ1n) is 9.39. The Morgan fingerprint density at radius 3 is 2.42 bits per heavy atom. The Kier molecular flexibility index (Phi) is 5.93. The van der Waals surface area contributed by atoms with Gasteiger partial charge in [-0.25, -0.2) is 9.78 Å². The normalized spacial score (nSPS) is 10.8. The number of carbonyl (C=O) groups excluding carboxylic acids is 2. The van der Waals surface area contributed by atoms with Gasteiger partial charge in [0, 0.05) is 5.69 Å². The average Bonchev–Trinajstić information content (AvgIpc) is 3.10. The van der Waals surface area contributed by atoms with Crippen molar-refractivity contribution < 1.29 is 14.3 Å². The maximum atomic E-state index is 12.5. The molecule has 0 radical (unpaired) electrons. The number of amides is 1. The third-order valence-corrected chi connectivity index (χ3v) is 5.26. The molecule has 1 amide bonds. The zero-order valence-electron chi connectivity index (χ0n) is 16.4. The number of ether oxygens (including phenoxy) is 1. The van der Waals surface area contributed by atoms with Gasteiger partial charge in [0.1, 0.15) is 5.82 Å². The highest BCUT2D eigenvalue weighted by atomic mass is 35.5. The Balaban J connectivity index is 1.48. The number of aryl methyl sites for hydroxylation is 1. The Labute approximate surface area is 188 Å². The molecule has 0 saturated heterocycles. The molecule has 4 aromatic rings. The van der Waals surface area contributed by atoms with Crippen LogP contribution in [0.5, 0.6) is 0 Å². The van der Waals surface area contributed by atoms with Crippen molar-refractivity contribution in [1.29, 1.82) is 0 Å². The molecule has 0 aliphatic carbocycles. The SMILES string of the molecule is Cc1nc2cc(C(=O)OCC(=O)Nc3c(Cl)cccc3Cl)ccc2n1-c1ccccc1. The molecule has 0 saturated carbocycles. The highest BCUT2D eigenvalue weighted by molar-refractivity contribution is 6.39. The van der Waals surface area contributed by atoms with E-state index in [0.29, 0.717) is 21.1 Å². The predicted octanol–water partition coefficient (Wildman–Crippen LogP) is 5.44. The van der Waals surface area contributed by atoms with E-state index in [4.69, 9.17) is 27.9 Å². The minimum Gasteiger partial charge on any atom is -0.452 e. The molecule has 31 heavy (non-hydrogen) atoms. The van der Waals surface area contributed by atoms with Gasteiger partial charge in [0.2, 0.25) is 0 Å². The van der Waals surface area contributed by atoms with Crippen LogP contribution in [0.2, 0.25) is 10.0 Å². The van der Waals surface area contributed by atoms with Gasteiger partial charge in [0.25, 0.3) is 5.91 Å². The Morgan fingerprint density at radius 2 is 1.71 bits per heavy atom. The average molecular weight is 454 g/mol. The topological polar surface area (TPSA) is 73.2 Å². The third kappa shape index (κ3) is 4.40. The highest BCUT2D eigenvalue weighted by Crippen LogP contribution is 2.29. The first-order chi connectivity index (χ1) is 14.9. The van der Waals surface area contributed by atoms with E-state index >= 15 is 0 Å². The fourth-order valence-corrected chi connectivity index (χ4v) is 3.73. The van der Waals surface area contributed by atoms with Crippen molar-refractivity contribution in [2.45, 2.75) is 6.92 Å². The van der Waals surface area contributed by atoms with Crippen molar-refractivity contribution >= 4 is 51.8 Å². The largest absolute Gasteiger partial charge is 0.452 e. The molecule has 4 rings (SSSR count). The van der Waals surface area contributed by atoms with Crippen molar-refractivity contribution in [2.75, 3.05) is 11.9 Å². The van der Waals surface area contributed by atoms with Gasteiger partial charge in [-0.1, -0.05) is 47.5 Å². The number of rotatable bonds is 5. The molecule has 0 aliphatic heterocycles. The first-order valence-corrected chi connectivity index (χ1v) is 10.1. The summed E-state index contributed by atoms with van der Waals surface area (Å²) in [6.45, 7) is 1.42. The summed E-state index contributed by atoms with van der Waals surface area (Å²) in [6, 6.07) is 19.8.